The van der Waals surface area contributed by atoms with Crippen LogP contribution in [0.1, 0.15) is 18.9 Å². The lowest BCUT2D eigenvalue weighted by molar-refractivity contribution is -0.133. The number of para-hydroxylation sites is 1. The van der Waals surface area contributed by atoms with Crippen LogP contribution in [-0.4, -0.2) is 65.9 Å². The molecule has 3 rings (SSSR count). The minimum Gasteiger partial charge on any atom is -0.361 e. The highest BCUT2D eigenvalue weighted by atomic mass is 16.2. The van der Waals surface area contributed by atoms with Crippen molar-refractivity contribution in [3.8, 4) is 0 Å². The maximum absolute atomic E-state index is 12.5. The number of carbonyl (C=O) groups excluding carboxylic acids is 2. The predicted molar refractivity (Wildman–Crippen MR) is 98.3 cm³/mol. The molecule has 2 N–H and O–H groups in total. The van der Waals surface area contributed by atoms with E-state index in [4.69, 9.17) is 0 Å². The molecule has 2 amide bonds. The number of H-pyrrole nitrogens is 1. The number of aryl methyl sites for hydroxylation is 1. The van der Waals surface area contributed by atoms with Crippen LogP contribution in [0.3, 0.4) is 0 Å². The van der Waals surface area contributed by atoms with Crippen molar-refractivity contribution in [3.63, 3.8) is 0 Å². The van der Waals surface area contributed by atoms with Crippen LogP contribution < -0.4 is 5.32 Å². The normalized spacial score (nSPS) is 15.5. The molecule has 2 aromatic rings. The van der Waals surface area contributed by atoms with E-state index < -0.39 is 0 Å². The minimum absolute atomic E-state index is 0.0570. The second kappa shape index (κ2) is 8.16. The fraction of sp³-hybridized carbons (Fsp3) is 0.474. The first kappa shape index (κ1) is 17.5. The zero-order valence-corrected chi connectivity index (χ0v) is 14.8. The molecular weight excluding hydrogens is 316 g/mol. The number of carbonyl (C=O) groups is 2. The number of nitrogens with one attached hydrogen (secondary N) is 2. The monoisotopic (exact) mass is 342 g/mol. The van der Waals surface area contributed by atoms with E-state index in [-0.39, 0.29) is 11.8 Å². The Morgan fingerprint density at radius 3 is 2.68 bits per heavy atom. The summed E-state index contributed by atoms with van der Waals surface area (Å²) in [6, 6.07) is 8.17. The van der Waals surface area contributed by atoms with Gasteiger partial charge in [0.05, 0.1) is 6.54 Å². The average Bonchev–Trinajstić information content (AvgIpc) is 3.04. The van der Waals surface area contributed by atoms with Gasteiger partial charge in [0.15, 0.2) is 0 Å². The second-order valence-corrected chi connectivity index (χ2v) is 6.47. The van der Waals surface area contributed by atoms with Crippen molar-refractivity contribution in [2.45, 2.75) is 19.8 Å². The topological polar surface area (TPSA) is 68.4 Å². The summed E-state index contributed by atoms with van der Waals surface area (Å²) in [7, 11) is 0. The van der Waals surface area contributed by atoms with Crippen molar-refractivity contribution in [1.29, 1.82) is 0 Å². The van der Waals surface area contributed by atoms with E-state index in [1.807, 2.05) is 30.2 Å². The Bertz CT molecular complexity index is 732. The first-order chi connectivity index (χ1) is 12.2. The van der Waals surface area contributed by atoms with Gasteiger partial charge in [0.1, 0.15) is 0 Å². The van der Waals surface area contributed by atoms with Crippen molar-refractivity contribution in [3.05, 3.63) is 36.0 Å². The summed E-state index contributed by atoms with van der Waals surface area (Å²) in [6.45, 7) is 5.92. The van der Waals surface area contributed by atoms with Crippen LogP contribution >= 0.6 is 0 Å². The highest BCUT2D eigenvalue weighted by molar-refractivity contribution is 5.84. The number of benzene rings is 1. The molecule has 1 aliphatic heterocycles. The first-order valence-electron chi connectivity index (χ1n) is 8.99. The van der Waals surface area contributed by atoms with Crippen molar-refractivity contribution < 1.29 is 9.59 Å². The second-order valence-electron chi connectivity index (χ2n) is 6.47. The standard InChI is InChI=1S/C19H26N4O2/c1-2-20-18(24)14-22-9-11-23(12-10-22)19(25)8-7-15-13-21-17-6-4-3-5-16(15)17/h3-6,13,21H,2,7-12,14H2,1H3,(H,20,24). The Balaban J connectivity index is 1.46. The quantitative estimate of drug-likeness (QED) is 0.833. The van der Waals surface area contributed by atoms with Crippen LogP contribution in [0.4, 0.5) is 0 Å². The Morgan fingerprint density at radius 2 is 1.92 bits per heavy atom. The summed E-state index contributed by atoms with van der Waals surface area (Å²) in [6.07, 6.45) is 3.28. The summed E-state index contributed by atoms with van der Waals surface area (Å²) in [4.78, 5) is 31.4. The van der Waals surface area contributed by atoms with Gasteiger partial charge < -0.3 is 15.2 Å². The Morgan fingerprint density at radius 1 is 1.16 bits per heavy atom. The lowest BCUT2D eigenvalue weighted by Gasteiger charge is -2.34. The van der Waals surface area contributed by atoms with Gasteiger partial charge in [-0.3, -0.25) is 14.5 Å². The van der Waals surface area contributed by atoms with E-state index in [1.54, 1.807) is 0 Å². The number of rotatable bonds is 6. The molecule has 6 nitrogen and oxygen atoms in total. The predicted octanol–water partition coefficient (Wildman–Crippen LogP) is 1.38. The van der Waals surface area contributed by atoms with Gasteiger partial charge in [-0.1, -0.05) is 18.2 Å². The zero-order valence-electron chi connectivity index (χ0n) is 14.8. The number of nitrogens with zero attached hydrogens (tertiary/aromatic N) is 2. The van der Waals surface area contributed by atoms with E-state index in [2.05, 4.69) is 27.3 Å². The first-order valence-corrected chi connectivity index (χ1v) is 8.99. The van der Waals surface area contributed by atoms with Gasteiger partial charge in [-0.2, -0.15) is 0 Å². The molecule has 1 fully saturated rings. The number of likely N-dealkylation sites (N-methyl/N-ethyl adjacent to an activating group) is 1. The molecule has 0 spiro atoms. The summed E-state index contributed by atoms with van der Waals surface area (Å²) in [5.41, 5.74) is 2.31. The molecule has 0 aliphatic carbocycles. The average molecular weight is 342 g/mol. The lowest BCUT2D eigenvalue weighted by Crippen LogP contribution is -2.51. The largest absolute Gasteiger partial charge is 0.361 e. The van der Waals surface area contributed by atoms with Gasteiger partial charge in [-0.05, 0) is 25.0 Å². The molecule has 0 unspecified atom stereocenters. The van der Waals surface area contributed by atoms with E-state index in [1.165, 1.54) is 10.9 Å². The van der Waals surface area contributed by atoms with Crippen LogP contribution in [0.25, 0.3) is 10.9 Å². The number of aromatic nitrogens is 1. The van der Waals surface area contributed by atoms with Crippen molar-refractivity contribution in [1.82, 2.24) is 20.1 Å². The van der Waals surface area contributed by atoms with Crippen LogP contribution in [-0.2, 0) is 16.0 Å². The molecule has 0 atom stereocenters. The van der Waals surface area contributed by atoms with E-state index in [0.29, 0.717) is 32.6 Å². The third-order valence-electron chi connectivity index (χ3n) is 4.75. The third-order valence-corrected chi connectivity index (χ3v) is 4.75. The van der Waals surface area contributed by atoms with Gasteiger partial charge in [0.2, 0.25) is 11.8 Å². The van der Waals surface area contributed by atoms with E-state index in [9.17, 15) is 9.59 Å². The smallest absolute Gasteiger partial charge is 0.234 e. The van der Waals surface area contributed by atoms with Gasteiger partial charge in [-0.25, -0.2) is 0 Å². The Labute approximate surface area is 148 Å². The third kappa shape index (κ3) is 4.39. The van der Waals surface area contributed by atoms with Gasteiger partial charge in [-0.15, -0.1) is 0 Å². The number of amides is 2. The molecule has 1 saturated heterocycles. The summed E-state index contributed by atoms with van der Waals surface area (Å²) >= 11 is 0. The van der Waals surface area contributed by atoms with Crippen LogP contribution in [0.2, 0.25) is 0 Å². The van der Waals surface area contributed by atoms with Crippen LogP contribution in [0.5, 0.6) is 0 Å². The molecule has 0 saturated carbocycles. The Kier molecular flexibility index (Phi) is 5.71. The zero-order chi connectivity index (χ0) is 17.6. The summed E-state index contributed by atoms with van der Waals surface area (Å²) in [5.74, 6) is 0.254. The molecule has 6 heteroatoms. The van der Waals surface area contributed by atoms with Gasteiger partial charge in [0.25, 0.3) is 0 Å². The molecule has 0 bridgehead atoms. The number of hydrogen-bond donors (Lipinski definition) is 2. The minimum atomic E-state index is 0.0570. The molecule has 1 aliphatic rings. The highest BCUT2D eigenvalue weighted by Crippen LogP contribution is 2.19. The van der Waals surface area contributed by atoms with Crippen LogP contribution in [0, 0.1) is 0 Å². The fourth-order valence-electron chi connectivity index (χ4n) is 3.35. The molecular formula is C19H26N4O2. The number of hydrogen-bond acceptors (Lipinski definition) is 3. The van der Waals surface area contributed by atoms with Crippen molar-refractivity contribution >= 4 is 22.7 Å². The number of piperazine rings is 1. The SMILES string of the molecule is CCNC(=O)CN1CCN(C(=O)CCc2c[nH]c3ccccc23)CC1. The molecule has 134 valence electrons. The highest BCUT2D eigenvalue weighted by Gasteiger charge is 2.22. The van der Waals surface area contributed by atoms with E-state index >= 15 is 0 Å². The molecule has 2 heterocycles. The molecule has 0 radical (unpaired) electrons. The Hall–Kier alpha value is -2.34. The summed E-state index contributed by atoms with van der Waals surface area (Å²) < 4.78 is 0. The van der Waals surface area contributed by atoms with Gasteiger partial charge in [0, 0.05) is 56.2 Å². The number of aromatic amines is 1. The summed E-state index contributed by atoms with van der Waals surface area (Å²) in [5, 5.41) is 4.01. The number of fused-ring (bicyclic) bond motifs is 1. The van der Waals surface area contributed by atoms with E-state index in [0.717, 1.165) is 25.0 Å². The molecule has 1 aromatic carbocycles. The lowest BCUT2D eigenvalue weighted by atomic mass is 10.1. The van der Waals surface area contributed by atoms with Crippen molar-refractivity contribution in [2.24, 2.45) is 0 Å². The molecule has 25 heavy (non-hydrogen) atoms. The van der Waals surface area contributed by atoms with Gasteiger partial charge >= 0.3 is 0 Å². The molecule has 1 aromatic heterocycles. The fourth-order valence-corrected chi connectivity index (χ4v) is 3.35. The maximum Gasteiger partial charge on any atom is 0.234 e. The van der Waals surface area contributed by atoms with Crippen molar-refractivity contribution in [2.75, 3.05) is 39.3 Å². The van der Waals surface area contributed by atoms with Crippen LogP contribution in [0.15, 0.2) is 30.5 Å². The maximum atomic E-state index is 12.5.